The van der Waals surface area contributed by atoms with Gasteiger partial charge in [-0.2, -0.15) is 5.10 Å². The minimum absolute atomic E-state index is 0.302. The van der Waals surface area contributed by atoms with Crippen molar-refractivity contribution in [3.63, 3.8) is 0 Å². The maximum Gasteiger partial charge on any atom is 0.161 e. The molecule has 0 spiro atoms. The Labute approximate surface area is 204 Å². The van der Waals surface area contributed by atoms with Gasteiger partial charge in [-0.05, 0) is 60.5 Å². The van der Waals surface area contributed by atoms with Crippen LogP contribution in [0.4, 0.5) is 0 Å². The van der Waals surface area contributed by atoms with Crippen molar-refractivity contribution in [1.29, 1.82) is 0 Å². The molecule has 0 aliphatic rings. The van der Waals surface area contributed by atoms with Crippen LogP contribution in [0, 0.1) is 0 Å². The third-order valence-electron chi connectivity index (χ3n) is 4.70. The molecule has 0 saturated heterocycles. The highest BCUT2D eigenvalue weighted by atomic mass is 35.5. The summed E-state index contributed by atoms with van der Waals surface area (Å²) in [6.45, 7) is 3.27. The zero-order chi connectivity index (χ0) is 23.6. The van der Waals surface area contributed by atoms with Crippen molar-refractivity contribution >= 4 is 29.4 Å². The molecule has 1 N–H and O–H groups in total. The highest BCUT2D eigenvalue weighted by Gasteiger charge is 2.09. The van der Waals surface area contributed by atoms with E-state index in [0.717, 1.165) is 16.7 Å². The van der Waals surface area contributed by atoms with Crippen LogP contribution in [0.1, 0.15) is 23.6 Å². The molecule has 8 heteroatoms. The summed E-state index contributed by atoms with van der Waals surface area (Å²) in [5, 5.41) is 5.45. The smallest absolute Gasteiger partial charge is 0.161 e. The molecule has 0 aliphatic heterocycles. The average Bonchev–Trinajstić information content (AvgIpc) is 2.82. The van der Waals surface area contributed by atoms with Gasteiger partial charge in [0.2, 0.25) is 0 Å². The number of ether oxygens (including phenoxy) is 4. The van der Waals surface area contributed by atoms with Gasteiger partial charge in [-0.1, -0.05) is 35.3 Å². The van der Waals surface area contributed by atoms with Gasteiger partial charge in [-0.3, -0.25) is 0 Å². The van der Waals surface area contributed by atoms with E-state index in [0.29, 0.717) is 52.8 Å². The molecule has 174 valence electrons. The molecule has 33 heavy (non-hydrogen) atoms. The molecule has 0 heterocycles. The van der Waals surface area contributed by atoms with Crippen LogP contribution in [0.25, 0.3) is 0 Å². The summed E-state index contributed by atoms with van der Waals surface area (Å²) in [6, 6.07) is 16.7. The first-order valence-electron chi connectivity index (χ1n) is 10.3. The topological polar surface area (TPSA) is 61.3 Å². The van der Waals surface area contributed by atoms with Crippen molar-refractivity contribution < 1.29 is 18.9 Å². The molecule has 0 saturated carbocycles. The van der Waals surface area contributed by atoms with Crippen molar-refractivity contribution in [3.05, 3.63) is 81.3 Å². The fraction of sp³-hybridized carbons (Fsp3) is 0.240. The van der Waals surface area contributed by atoms with E-state index in [-0.39, 0.29) is 0 Å². The largest absolute Gasteiger partial charge is 0.493 e. The SMILES string of the molecule is CCOc1cc(/C=N/NCc2ccc(OC)c(OC)c2)ccc1OCc1ccc(Cl)cc1Cl. The first-order chi connectivity index (χ1) is 16.0. The number of halogens is 2. The van der Waals surface area contributed by atoms with Gasteiger partial charge in [-0.15, -0.1) is 0 Å². The van der Waals surface area contributed by atoms with Gasteiger partial charge in [0, 0.05) is 15.6 Å². The summed E-state index contributed by atoms with van der Waals surface area (Å²) < 4.78 is 22.3. The van der Waals surface area contributed by atoms with Crippen LogP contribution in [0.15, 0.2) is 59.7 Å². The normalized spacial score (nSPS) is 10.8. The summed E-state index contributed by atoms with van der Waals surface area (Å²) in [5.74, 6) is 2.62. The second-order valence-corrected chi connectivity index (χ2v) is 7.79. The molecule has 0 atom stereocenters. The highest BCUT2D eigenvalue weighted by molar-refractivity contribution is 6.35. The Balaban J connectivity index is 1.62. The van der Waals surface area contributed by atoms with E-state index < -0.39 is 0 Å². The molecule has 3 rings (SSSR count). The number of hydrazone groups is 1. The Morgan fingerprint density at radius 3 is 2.36 bits per heavy atom. The van der Waals surface area contributed by atoms with Gasteiger partial charge < -0.3 is 24.4 Å². The van der Waals surface area contributed by atoms with E-state index in [1.807, 2.05) is 49.4 Å². The van der Waals surface area contributed by atoms with Crippen molar-refractivity contribution in [2.75, 3.05) is 20.8 Å². The number of rotatable bonds is 11. The van der Waals surface area contributed by atoms with Crippen LogP contribution in [0.2, 0.25) is 10.0 Å². The molecule has 3 aromatic carbocycles. The van der Waals surface area contributed by atoms with E-state index in [2.05, 4.69) is 10.5 Å². The standard InChI is InChI=1S/C25H26Cl2N2O4/c1-4-32-25-12-18(6-10-23(25)33-16-19-7-8-20(26)13-21(19)27)15-29-28-14-17-5-9-22(30-2)24(11-17)31-3/h5-13,15,28H,4,14,16H2,1-3H3/b29-15+. The lowest BCUT2D eigenvalue weighted by molar-refractivity contribution is 0.269. The summed E-state index contributed by atoms with van der Waals surface area (Å²) >= 11 is 12.2. The summed E-state index contributed by atoms with van der Waals surface area (Å²) in [4.78, 5) is 0. The van der Waals surface area contributed by atoms with E-state index in [1.54, 1.807) is 32.6 Å². The first kappa shape index (κ1) is 24.6. The first-order valence-corrected chi connectivity index (χ1v) is 11.1. The van der Waals surface area contributed by atoms with Crippen molar-refractivity contribution in [1.82, 2.24) is 5.43 Å². The number of hydrogen-bond acceptors (Lipinski definition) is 6. The van der Waals surface area contributed by atoms with E-state index in [4.69, 9.17) is 42.1 Å². The fourth-order valence-corrected chi connectivity index (χ4v) is 3.50. The molecule has 0 unspecified atom stereocenters. The average molecular weight is 489 g/mol. The van der Waals surface area contributed by atoms with Gasteiger partial charge in [0.1, 0.15) is 6.61 Å². The fourth-order valence-electron chi connectivity index (χ4n) is 3.03. The number of nitrogens with one attached hydrogen (secondary N) is 1. The van der Waals surface area contributed by atoms with Crippen molar-refractivity contribution in [2.24, 2.45) is 5.10 Å². The minimum Gasteiger partial charge on any atom is -0.493 e. The van der Waals surface area contributed by atoms with Crippen LogP contribution in [0.5, 0.6) is 23.0 Å². The zero-order valence-corrected chi connectivity index (χ0v) is 20.2. The Bertz CT molecular complexity index is 1110. The van der Waals surface area contributed by atoms with Crippen molar-refractivity contribution in [3.8, 4) is 23.0 Å². The number of nitrogens with zero attached hydrogens (tertiary/aromatic N) is 1. The number of hydrogen-bond donors (Lipinski definition) is 1. The summed E-state index contributed by atoms with van der Waals surface area (Å²) in [5.41, 5.74) is 5.77. The second-order valence-electron chi connectivity index (χ2n) is 6.95. The van der Waals surface area contributed by atoms with Crippen LogP contribution in [0.3, 0.4) is 0 Å². The molecule has 0 aliphatic carbocycles. The van der Waals surface area contributed by atoms with E-state index in [1.165, 1.54) is 0 Å². The number of methoxy groups -OCH3 is 2. The Morgan fingerprint density at radius 1 is 0.848 bits per heavy atom. The predicted molar refractivity (Wildman–Crippen MR) is 132 cm³/mol. The lowest BCUT2D eigenvalue weighted by Gasteiger charge is -2.13. The molecular formula is C25H26Cl2N2O4. The summed E-state index contributed by atoms with van der Waals surface area (Å²) in [6.07, 6.45) is 1.73. The summed E-state index contributed by atoms with van der Waals surface area (Å²) in [7, 11) is 3.22. The van der Waals surface area contributed by atoms with Crippen LogP contribution >= 0.6 is 23.2 Å². The Hall–Kier alpha value is -3.09. The zero-order valence-electron chi connectivity index (χ0n) is 18.7. The lowest BCUT2D eigenvalue weighted by Crippen LogP contribution is -2.06. The molecule has 0 bridgehead atoms. The second kappa shape index (κ2) is 12.2. The molecule has 0 radical (unpaired) electrons. The quantitative estimate of drug-likeness (QED) is 0.260. The highest BCUT2D eigenvalue weighted by Crippen LogP contribution is 2.30. The molecular weight excluding hydrogens is 463 g/mol. The third kappa shape index (κ3) is 6.94. The monoisotopic (exact) mass is 488 g/mol. The van der Waals surface area contributed by atoms with Crippen molar-refractivity contribution in [2.45, 2.75) is 20.1 Å². The van der Waals surface area contributed by atoms with Gasteiger partial charge in [0.25, 0.3) is 0 Å². The third-order valence-corrected chi connectivity index (χ3v) is 5.29. The molecule has 0 aromatic heterocycles. The maximum atomic E-state index is 6.24. The number of benzene rings is 3. The van der Waals surface area contributed by atoms with Crippen LogP contribution in [-0.4, -0.2) is 27.0 Å². The van der Waals surface area contributed by atoms with Gasteiger partial charge in [0.15, 0.2) is 23.0 Å². The predicted octanol–water partition coefficient (Wildman–Crippen LogP) is 6.11. The van der Waals surface area contributed by atoms with E-state index >= 15 is 0 Å². The minimum atomic E-state index is 0.302. The molecule has 3 aromatic rings. The van der Waals surface area contributed by atoms with Crippen LogP contribution < -0.4 is 24.4 Å². The van der Waals surface area contributed by atoms with E-state index in [9.17, 15) is 0 Å². The molecule has 0 fully saturated rings. The van der Waals surface area contributed by atoms with Crippen LogP contribution in [-0.2, 0) is 13.2 Å². The maximum absolute atomic E-state index is 6.24. The van der Waals surface area contributed by atoms with Gasteiger partial charge in [0.05, 0.1) is 33.6 Å². The Kier molecular flexibility index (Phi) is 9.10. The molecule has 6 nitrogen and oxygen atoms in total. The van der Waals surface area contributed by atoms with Gasteiger partial charge >= 0.3 is 0 Å². The lowest BCUT2D eigenvalue weighted by atomic mass is 10.2. The Morgan fingerprint density at radius 2 is 1.64 bits per heavy atom. The molecule has 0 amide bonds. The van der Waals surface area contributed by atoms with Gasteiger partial charge in [-0.25, -0.2) is 0 Å².